The van der Waals surface area contributed by atoms with Crippen LogP contribution in [-0.2, 0) is 27.2 Å². The first kappa shape index (κ1) is 29.9. The van der Waals surface area contributed by atoms with Gasteiger partial charge in [0.25, 0.3) is 5.91 Å². The van der Waals surface area contributed by atoms with Crippen LogP contribution >= 0.6 is 0 Å². The molecule has 2 amide bonds. The molecule has 47 heavy (non-hydrogen) atoms. The number of allylic oxidation sites excluding steroid dienone is 1. The molecule has 11 rings (SSSR count). The molecule has 11 heteroatoms. The molecule has 0 aromatic carbocycles. The maximum atomic E-state index is 13.5. The number of Topliss-reactive ketones (excluding diaryl/α,β-unsaturated/α-hetero) is 1. The van der Waals surface area contributed by atoms with E-state index in [0.29, 0.717) is 42.2 Å². The predicted octanol–water partition coefficient (Wildman–Crippen LogP) is 2.15. The van der Waals surface area contributed by atoms with E-state index < -0.39 is 34.8 Å². The topological polar surface area (TPSA) is 167 Å². The van der Waals surface area contributed by atoms with Gasteiger partial charge in [-0.3, -0.25) is 24.0 Å². The van der Waals surface area contributed by atoms with Crippen molar-refractivity contribution in [3.63, 3.8) is 0 Å². The Morgan fingerprint density at radius 2 is 1.57 bits per heavy atom. The summed E-state index contributed by atoms with van der Waals surface area (Å²) in [4.78, 5) is 45.0. The number of carbonyl (C=O) groups excluding carboxylic acids is 3. The number of aliphatic hydroxyl groups is 3. The second-order valence-electron chi connectivity index (χ2n) is 16.4. The molecule has 8 fully saturated rings. The molecule has 0 radical (unpaired) electrons. The summed E-state index contributed by atoms with van der Waals surface area (Å²) >= 11 is 0. The van der Waals surface area contributed by atoms with Crippen LogP contribution in [0.2, 0.25) is 0 Å². The summed E-state index contributed by atoms with van der Waals surface area (Å²) in [5.41, 5.74) is 2.24. The Balaban J connectivity index is 0.941. The van der Waals surface area contributed by atoms with Crippen molar-refractivity contribution < 1.29 is 29.7 Å². The van der Waals surface area contributed by atoms with Gasteiger partial charge in [0.05, 0.1) is 40.6 Å². The molecule has 9 aliphatic rings. The number of nitrogens with zero attached hydrogens (tertiary/aromatic N) is 3. The fraction of sp³-hybridized carbons (Fsp3) is 0.694. The van der Waals surface area contributed by atoms with Gasteiger partial charge in [-0.1, -0.05) is 12.2 Å². The first-order chi connectivity index (χ1) is 22.6. The lowest BCUT2D eigenvalue weighted by Gasteiger charge is -2.58. The third-order valence-corrected chi connectivity index (χ3v) is 13.2. The Labute approximate surface area is 273 Å². The molecule has 250 valence electrons. The van der Waals surface area contributed by atoms with Crippen LogP contribution < -0.4 is 10.6 Å². The van der Waals surface area contributed by atoms with Gasteiger partial charge in [0.2, 0.25) is 11.7 Å². The van der Waals surface area contributed by atoms with Gasteiger partial charge in [-0.2, -0.15) is 5.10 Å². The summed E-state index contributed by atoms with van der Waals surface area (Å²) in [5.74, 6) is 0.113. The monoisotopic (exact) mass is 643 g/mol. The number of carbonyl (C=O) groups is 3. The zero-order valence-corrected chi connectivity index (χ0v) is 26.7. The first-order valence-corrected chi connectivity index (χ1v) is 17.8. The minimum Gasteiger partial charge on any atom is -0.396 e. The lowest BCUT2D eigenvalue weighted by Crippen LogP contribution is -2.63. The highest BCUT2D eigenvalue weighted by Crippen LogP contribution is 2.60. The Kier molecular flexibility index (Phi) is 6.80. The average molecular weight is 644 g/mol. The molecule has 2 aromatic heterocycles. The van der Waals surface area contributed by atoms with Gasteiger partial charge in [-0.15, -0.1) is 0 Å². The van der Waals surface area contributed by atoms with Crippen molar-refractivity contribution in [2.24, 2.45) is 35.5 Å². The van der Waals surface area contributed by atoms with E-state index >= 15 is 0 Å². The molecule has 8 saturated carbocycles. The number of nitrogens with one attached hydrogen (secondary N) is 2. The van der Waals surface area contributed by atoms with E-state index in [4.69, 9.17) is 5.10 Å². The highest BCUT2D eigenvalue weighted by atomic mass is 16.3. The molecule has 2 aromatic rings. The number of hydrogen-bond donors (Lipinski definition) is 5. The highest BCUT2D eigenvalue weighted by Gasteiger charge is 2.57. The molecule has 5 N–H and O–H groups in total. The molecule has 0 spiro atoms. The molecule has 11 nitrogen and oxygen atoms in total. The molecule has 0 aliphatic heterocycles. The molecule has 9 aliphatic carbocycles. The van der Waals surface area contributed by atoms with Crippen molar-refractivity contribution in [2.45, 2.75) is 113 Å². The smallest absolute Gasteiger partial charge is 0.288 e. The van der Waals surface area contributed by atoms with E-state index in [0.717, 1.165) is 79.9 Å². The zero-order valence-electron chi connectivity index (χ0n) is 26.7. The third-order valence-electron chi connectivity index (χ3n) is 13.2. The number of amides is 2. The Hall–Kier alpha value is -3.15. The second kappa shape index (κ2) is 10.7. The molecule has 2 heterocycles. The van der Waals surface area contributed by atoms with Crippen molar-refractivity contribution >= 4 is 34.6 Å². The third kappa shape index (κ3) is 4.90. The first-order valence-electron chi connectivity index (χ1n) is 17.8. The zero-order chi connectivity index (χ0) is 32.2. The van der Waals surface area contributed by atoms with E-state index in [2.05, 4.69) is 32.5 Å². The van der Waals surface area contributed by atoms with Crippen LogP contribution in [0.4, 0.5) is 0 Å². The summed E-state index contributed by atoms with van der Waals surface area (Å²) in [7, 11) is 0. The predicted molar refractivity (Wildman–Crippen MR) is 171 cm³/mol. The van der Waals surface area contributed by atoms with Crippen molar-refractivity contribution in [2.75, 3.05) is 6.61 Å². The normalized spacial score (nSPS) is 39.4. The number of aliphatic hydroxyl groups excluding tert-OH is 1. The van der Waals surface area contributed by atoms with Crippen molar-refractivity contribution in [3.8, 4) is 0 Å². The number of aromatic nitrogens is 3. The SMILES string of the molecule is O=C(Cc1nn(C2[C@@H]3CC4C[C@H]2CC(O)(C4)C3)c2c3c(ncc12)CC=C3)C(=O)NC(CCO)C(=O)NC1[C@@H]2CC3C[C@H]1CC(O)(C3)C2. The molecule has 0 saturated heterocycles. The Morgan fingerprint density at radius 3 is 2.21 bits per heavy atom. The van der Waals surface area contributed by atoms with Gasteiger partial charge in [0.15, 0.2) is 0 Å². The lowest BCUT2D eigenvalue weighted by atomic mass is 9.52. The number of hydrogen-bond acceptors (Lipinski definition) is 8. The van der Waals surface area contributed by atoms with Crippen molar-refractivity contribution in [1.29, 1.82) is 0 Å². The average Bonchev–Trinajstić information content (AvgIpc) is 3.61. The standard InChI is InChI=1S/C36H45N5O6/c42-5-4-27(33(44)39-30-20-6-18-7-21(30)14-35(46,11-18)13-20)38-34(45)29(43)10-28-25-17-37-26-3-1-2-24(26)32(25)41(40-28)31-22-8-19-9-23(31)16-36(47,12-19)15-22/h1-2,17-23,27,30-31,42,46-47H,3-16H2,(H,38,45)(H,39,44)/t18?,19?,20-,21+,22-,23+,27?,30?,31?,35?,36?. The molecular formula is C36H45N5O6. The van der Waals surface area contributed by atoms with Crippen LogP contribution in [0, 0.1) is 35.5 Å². The summed E-state index contributed by atoms with van der Waals surface area (Å²) in [5, 5.41) is 43.5. The second-order valence-corrected chi connectivity index (χ2v) is 16.4. The summed E-state index contributed by atoms with van der Waals surface area (Å²) in [6, 6.07) is -0.992. The van der Waals surface area contributed by atoms with Gasteiger partial charge in [0, 0.05) is 36.2 Å². The van der Waals surface area contributed by atoms with E-state index in [1.807, 2.05) is 0 Å². The largest absolute Gasteiger partial charge is 0.396 e. The maximum Gasteiger partial charge on any atom is 0.288 e. The maximum absolute atomic E-state index is 13.5. The number of ketones is 1. The number of pyridine rings is 1. The molecule has 8 bridgehead atoms. The van der Waals surface area contributed by atoms with E-state index in [9.17, 15) is 29.7 Å². The van der Waals surface area contributed by atoms with E-state index in [1.165, 1.54) is 0 Å². The fourth-order valence-corrected chi connectivity index (χ4v) is 11.9. The van der Waals surface area contributed by atoms with Crippen LogP contribution in [0.5, 0.6) is 0 Å². The highest BCUT2D eigenvalue weighted by molar-refractivity contribution is 6.37. The van der Waals surface area contributed by atoms with Gasteiger partial charge >= 0.3 is 0 Å². The van der Waals surface area contributed by atoms with Crippen molar-refractivity contribution in [1.82, 2.24) is 25.4 Å². The summed E-state index contributed by atoms with van der Waals surface area (Å²) < 4.78 is 2.10. The van der Waals surface area contributed by atoms with Gasteiger partial charge in [-0.05, 0) is 106 Å². The minimum atomic E-state index is -1.04. The van der Waals surface area contributed by atoms with Gasteiger partial charge < -0.3 is 26.0 Å². The molecule has 11 atom stereocenters. The quantitative estimate of drug-likeness (QED) is 0.259. The summed E-state index contributed by atoms with van der Waals surface area (Å²) in [6.45, 7) is -0.315. The van der Waals surface area contributed by atoms with E-state index in [-0.39, 0.29) is 43.4 Å². The lowest BCUT2D eigenvalue weighted by molar-refractivity contribution is -0.148. The van der Waals surface area contributed by atoms with Crippen molar-refractivity contribution in [3.05, 3.63) is 29.2 Å². The Bertz CT molecular complexity index is 1670. The number of fused-ring (bicyclic) bond motifs is 3. The minimum absolute atomic E-state index is 0.00276. The number of rotatable bonds is 9. The van der Waals surface area contributed by atoms with Crippen LogP contribution in [0.3, 0.4) is 0 Å². The van der Waals surface area contributed by atoms with Crippen LogP contribution in [0.1, 0.15) is 93.6 Å². The van der Waals surface area contributed by atoms with Gasteiger partial charge in [0.1, 0.15) is 6.04 Å². The van der Waals surface area contributed by atoms with Gasteiger partial charge in [-0.25, -0.2) is 0 Å². The van der Waals surface area contributed by atoms with Crippen LogP contribution in [-0.4, -0.2) is 77.6 Å². The van der Waals surface area contributed by atoms with E-state index in [1.54, 1.807) is 6.20 Å². The summed E-state index contributed by atoms with van der Waals surface area (Å²) in [6.07, 6.45) is 15.2. The molecular weight excluding hydrogens is 598 g/mol. The Morgan fingerprint density at radius 1 is 0.936 bits per heavy atom. The molecule has 7 unspecified atom stereocenters. The van der Waals surface area contributed by atoms with Crippen LogP contribution in [0.25, 0.3) is 17.0 Å². The van der Waals surface area contributed by atoms with Crippen LogP contribution in [0.15, 0.2) is 12.3 Å². The fourth-order valence-electron chi connectivity index (χ4n) is 11.9.